The van der Waals surface area contributed by atoms with E-state index in [1.807, 2.05) is 0 Å². The highest BCUT2D eigenvalue weighted by atomic mass is 16.5. The number of rotatable bonds is 2. The average Bonchev–Trinajstić information content (AvgIpc) is 2.37. The molecular formula is C13H12O4. The Balaban J connectivity index is 2.84. The molecule has 0 bridgehead atoms. The second-order valence-corrected chi connectivity index (χ2v) is 3.51. The first-order valence-corrected chi connectivity index (χ1v) is 5.06. The number of carbonyl (C=O) groups excluding carboxylic acids is 1. The van der Waals surface area contributed by atoms with Crippen LogP contribution in [0.15, 0.2) is 30.3 Å². The topological polar surface area (TPSA) is 55.8 Å². The van der Waals surface area contributed by atoms with Gasteiger partial charge in [0.1, 0.15) is 11.5 Å². The zero-order valence-electron chi connectivity index (χ0n) is 9.56. The summed E-state index contributed by atoms with van der Waals surface area (Å²) in [6, 6.07) is 8.25. The lowest BCUT2D eigenvalue weighted by atomic mass is 10.0. The third-order valence-corrected chi connectivity index (χ3v) is 2.60. The van der Waals surface area contributed by atoms with Crippen LogP contribution in [0.5, 0.6) is 11.5 Å². The Morgan fingerprint density at radius 3 is 2.59 bits per heavy atom. The van der Waals surface area contributed by atoms with Crippen LogP contribution in [0.4, 0.5) is 0 Å². The van der Waals surface area contributed by atoms with Gasteiger partial charge < -0.3 is 14.6 Å². The van der Waals surface area contributed by atoms with Gasteiger partial charge in [0.2, 0.25) is 0 Å². The van der Waals surface area contributed by atoms with Crippen LogP contribution >= 0.6 is 0 Å². The molecular weight excluding hydrogens is 220 g/mol. The van der Waals surface area contributed by atoms with Crippen molar-refractivity contribution in [1.29, 1.82) is 0 Å². The molecule has 0 spiro atoms. The number of fused-ring (bicyclic) bond motifs is 1. The molecule has 0 aliphatic rings. The number of phenolic OH excluding ortho intramolecular Hbond substituents is 1. The summed E-state index contributed by atoms with van der Waals surface area (Å²) in [5, 5.41) is 11.0. The van der Waals surface area contributed by atoms with Crippen molar-refractivity contribution in [2.24, 2.45) is 0 Å². The summed E-state index contributed by atoms with van der Waals surface area (Å²) in [6.45, 7) is 0. The van der Waals surface area contributed by atoms with E-state index in [9.17, 15) is 9.90 Å². The van der Waals surface area contributed by atoms with Crippen molar-refractivity contribution in [3.05, 3.63) is 35.9 Å². The van der Waals surface area contributed by atoms with E-state index in [4.69, 9.17) is 4.74 Å². The molecule has 4 nitrogen and oxygen atoms in total. The molecule has 0 heterocycles. The number of phenols is 1. The third-order valence-electron chi connectivity index (χ3n) is 2.60. The Hall–Kier alpha value is -2.23. The van der Waals surface area contributed by atoms with Gasteiger partial charge in [-0.2, -0.15) is 0 Å². The molecule has 0 aliphatic carbocycles. The van der Waals surface area contributed by atoms with Gasteiger partial charge in [0.15, 0.2) is 0 Å². The van der Waals surface area contributed by atoms with Gasteiger partial charge >= 0.3 is 5.97 Å². The van der Waals surface area contributed by atoms with Crippen molar-refractivity contribution in [3.63, 3.8) is 0 Å². The molecule has 0 saturated carbocycles. The highest BCUT2D eigenvalue weighted by Crippen LogP contribution is 2.34. The van der Waals surface area contributed by atoms with Crippen LogP contribution in [0.1, 0.15) is 10.4 Å². The van der Waals surface area contributed by atoms with Gasteiger partial charge in [0, 0.05) is 10.8 Å². The summed E-state index contributed by atoms with van der Waals surface area (Å²) in [6.07, 6.45) is 0. The summed E-state index contributed by atoms with van der Waals surface area (Å²) < 4.78 is 9.87. The number of aromatic hydroxyl groups is 1. The number of ether oxygens (including phenoxy) is 2. The summed E-state index contributed by atoms with van der Waals surface area (Å²) >= 11 is 0. The maximum absolute atomic E-state index is 11.6. The second kappa shape index (κ2) is 4.33. The lowest BCUT2D eigenvalue weighted by Gasteiger charge is -2.10. The van der Waals surface area contributed by atoms with E-state index in [-0.39, 0.29) is 5.75 Å². The fraction of sp³-hybridized carbons (Fsp3) is 0.154. The molecule has 0 amide bonds. The number of hydrogen-bond acceptors (Lipinski definition) is 4. The first kappa shape index (κ1) is 11.3. The zero-order valence-corrected chi connectivity index (χ0v) is 9.56. The quantitative estimate of drug-likeness (QED) is 0.807. The molecule has 0 radical (unpaired) electrons. The van der Waals surface area contributed by atoms with E-state index in [1.165, 1.54) is 20.3 Å². The normalized spacial score (nSPS) is 10.2. The Kier molecular flexibility index (Phi) is 2.87. The summed E-state index contributed by atoms with van der Waals surface area (Å²) in [5.74, 6) is 0.143. The molecule has 17 heavy (non-hydrogen) atoms. The van der Waals surface area contributed by atoms with Gasteiger partial charge in [-0.15, -0.1) is 0 Å². The number of carbonyl (C=O) groups is 1. The Morgan fingerprint density at radius 1 is 1.18 bits per heavy atom. The first-order valence-electron chi connectivity index (χ1n) is 5.06. The van der Waals surface area contributed by atoms with Gasteiger partial charge in [-0.05, 0) is 18.2 Å². The predicted octanol–water partition coefficient (Wildman–Crippen LogP) is 2.34. The summed E-state index contributed by atoms with van der Waals surface area (Å²) in [7, 11) is 2.84. The monoisotopic (exact) mass is 232 g/mol. The largest absolute Gasteiger partial charge is 0.507 e. The van der Waals surface area contributed by atoms with E-state index >= 15 is 0 Å². The number of esters is 1. The molecule has 4 heteroatoms. The lowest BCUT2D eigenvalue weighted by Crippen LogP contribution is -2.02. The highest BCUT2D eigenvalue weighted by Gasteiger charge is 2.15. The number of methoxy groups -OCH3 is 2. The maximum Gasteiger partial charge on any atom is 0.338 e. The zero-order chi connectivity index (χ0) is 12.4. The summed E-state index contributed by atoms with van der Waals surface area (Å²) in [5.41, 5.74) is 0.321. The van der Waals surface area contributed by atoms with Gasteiger partial charge in [0.25, 0.3) is 0 Å². The molecule has 0 aliphatic heterocycles. The lowest BCUT2D eigenvalue weighted by molar-refractivity contribution is 0.0602. The van der Waals surface area contributed by atoms with Crippen molar-refractivity contribution in [2.45, 2.75) is 0 Å². The Bertz CT molecular complexity index is 575. The van der Waals surface area contributed by atoms with Crippen LogP contribution in [0.2, 0.25) is 0 Å². The van der Waals surface area contributed by atoms with E-state index in [2.05, 4.69) is 4.74 Å². The molecule has 0 fully saturated rings. The number of benzene rings is 2. The second-order valence-electron chi connectivity index (χ2n) is 3.51. The van der Waals surface area contributed by atoms with Crippen molar-refractivity contribution in [3.8, 4) is 11.5 Å². The van der Waals surface area contributed by atoms with Gasteiger partial charge in [0.05, 0.1) is 19.8 Å². The fourth-order valence-corrected chi connectivity index (χ4v) is 1.82. The minimum Gasteiger partial charge on any atom is -0.507 e. The van der Waals surface area contributed by atoms with E-state index < -0.39 is 5.97 Å². The van der Waals surface area contributed by atoms with Crippen molar-refractivity contribution < 1.29 is 19.4 Å². The standard InChI is InChI=1S/C13H12O4/c1-16-11-7-6-9(13(15)17-2)12-8(11)4-3-5-10(12)14/h3-7,14H,1-2H3. The first-order chi connectivity index (χ1) is 8.19. The maximum atomic E-state index is 11.6. The van der Waals surface area contributed by atoms with E-state index in [0.29, 0.717) is 22.1 Å². The van der Waals surface area contributed by atoms with Crippen LogP contribution in [0, 0.1) is 0 Å². The highest BCUT2D eigenvalue weighted by molar-refractivity contribution is 6.08. The third kappa shape index (κ3) is 1.78. The SMILES string of the molecule is COC(=O)c1ccc(OC)c2cccc(O)c12. The molecule has 0 aromatic heterocycles. The fourth-order valence-electron chi connectivity index (χ4n) is 1.82. The average molecular weight is 232 g/mol. The minimum atomic E-state index is -0.487. The molecule has 2 aromatic carbocycles. The number of hydrogen-bond donors (Lipinski definition) is 1. The Morgan fingerprint density at radius 2 is 1.94 bits per heavy atom. The van der Waals surface area contributed by atoms with Crippen LogP contribution in [-0.2, 0) is 4.74 Å². The molecule has 88 valence electrons. The van der Waals surface area contributed by atoms with Crippen LogP contribution in [-0.4, -0.2) is 25.3 Å². The molecule has 0 saturated heterocycles. The minimum absolute atomic E-state index is 0.0294. The smallest absolute Gasteiger partial charge is 0.338 e. The van der Waals surface area contributed by atoms with E-state index in [0.717, 1.165) is 0 Å². The van der Waals surface area contributed by atoms with Crippen LogP contribution in [0.3, 0.4) is 0 Å². The van der Waals surface area contributed by atoms with Crippen LogP contribution < -0.4 is 4.74 Å². The molecule has 0 unspecified atom stereocenters. The van der Waals surface area contributed by atoms with Gasteiger partial charge in [-0.1, -0.05) is 12.1 Å². The van der Waals surface area contributed by atoms with E-state index in [1.54, 1.807) is 24.3 Å². The summed E-state index contributed by atoms with van der Waals surface area (Å²) in [4.78, 5) is 11.6. The molecule has 1 N–H and O–H groups in total. The Labute approximate surface area is 98.4 Å². The van der Waals surface area contributed by atoms with Crippen LogP contribution in [0.25, 0.3) is 10.8 Å². The van der Waals surface area contributed by atoms with Crippen molar-refractivity contribution in [2.75, 3.05) is 14.2 Å². The predicted molar refractivity (Wildman–Crippen MR) is 63.5 cm³/mol. The van der Waals surface area contributed by atoms with Gasteiger partial charge in [-0.25, -0.2) is 4.79 Å². The van der Waals surface area contributed by atoms with Gasteiger partial charge in [-0.3, -0.25) is 0 Å². The molecule has 2 aromatic rings. The van der Waals surface area contributed by atoms with Crippen molar-refractivity contribution >= 4 is 16.7 Å². The molecule has 2 rings (SSSR count). The van der Waals surface area contributed by atoms with Crippen molar-refractivity contribution in [1.82, 2.24) is 0 Å². The molecule has 0 atom stereocenters.